The molecule has 1 aromatic rings. The van der Waals surface area contributed by atoms with Crippen LogP contribution in [0.2, 0.25) is 0 Å². The van der Waals surface area contributed by atoms with E-state index in [0.717, 1.165) is 0 Å². The molecule has 0 aliphatic carbocycles. The Bertz CT molecular complexity index is 530. The van der Waals surface area contributed by atoms with E-state index in [9.17, 15) is 19.5 Å². The highest BCUT2D eigenvalue weighted by Gasteiger charge is 2.40. The Morgan fingerprint density at radius 1 is 1.24 bits per heavy atom. The fourth-order valence-corrected chi connectivity index (χ4v) is 2.02. The molecular formula is C15H20N2O4. The molecule has 6 heteroatoms. The third kappa shape index (κ3) is 3.81. The van der Waals surface area contributed by atoms with Gasteiger partial charge in [-0.05, 0) is 12.0 Å². The summed E-state index contributed by atoms with van der Waals surface area (Å²) < 4.78 is 0. The lowest BCUT2D eigenvalue weighted by molar-refractivity contribution is -0.148. The van der Waals surface area contributed by atoms with Crippen LogP contribution in [0.15, 0.2) is 30.3 Å². The molecule has 1 rings (SSSR count). The highest BCUT2D eigenvalue weighted by molar-refractivity contribution is 5.90. The van der Waals surface area contributed by atoms with Crippen molar-refractivity contribution in [3.63, 3.8) is 0 Å². The van der Waals surface area contributed by atoms with Gasteiger partial charge in [0.05, 0.1) is 6.54 Å². The molecule has 0 aromatic heterocycles. The minimum absolute atomic E-state index is 0.183. The Labute approximate surface area is 123 Å². The van der Waals surface area contributed by atoms with Gasteiger partial charge >= 0.3 is 5.97 Å². The van der Waals surface area contributed by atoms with E-state index in [-0.39, 0.29) is 18.9 Å². The summed E-state index contributed by atoms with van der Waals surface area (Å²) in [6, 6.07) is 8.53. The molecule has 0 aliphatic heterocycles. The van der Waals surface area contributed by atoms with Crippen molar-refractivity contribution in [1.29, 1.82) is 0 Å². The number of amides is 2. The van der Waals surface area contributed by atoms with Gasteiger partial charge in [0, 0.05) is 14.0 Å². The molecule has 0 aliphatic rings. The molecule has 114 valence electrons. The number of benzene rings is 1. The monoisotopic (exact) mass is 292 g/mol. The van der Waals surface area contributed by atoms with Gasteiger partial charge in [0.2, 0.25) is 11.8 Å². The summed E-state index contributed by atoms with van der Waals surface area (Å²) in [6.07, 6.45) is 0.196. The van der Waals surface area contributed by atoms with Crippen LogP contribution in [0, 0.1) is 0 Å². The minimum Gasteiger partial charge on any atom is -0.479 e. The Morgan fingerprint density at radius 3 is 2.24 bits per heavy atom. The smallest absolute Gasteiger partial charge is 0.334 e. The summed E-state index contributed by atoms with van der Waals surface area (Å²) in [5.74, 6) is -1.90. The van der Waals surface area contributed by atoms with Gasteiger partial charge < -0.3 is 15.3 Å². The Hall–Kier alpha value is -2.37. The average Bonchev–Trinajstić information content (AvgIpc) is 2.45. The summed E-state index contributed by atoms with van der Waals surface area (Å²) in [7, 11) is 1.48. The number of rotatable bonds is 6. The average molecular weight is 292 g/mol. The van der Waals surface area contributed by atoms with Crippen LogP contribution >= 0.6 is 0 Å². The lowest BCUT2D eigenvalue weighted by atomic mass is 9.87. The Morgan fingerprint density at radius 2 is 1.81 bits per heavy atom. The molecular weight excluding hydrogens is 272 g/mol. The summed E-state index contributed by atoms with van der Waals surface area (Å²) in [6.45, 7) is 2.85. The van der Waals surface area contributed by atoms with Gasteiger partial charge in [-0.2, -0.15) is 0 Å². The first-order valence-corrected chi connectivity index (χ1v) is 6.65. The van der Waals surface area contributed by atoms with E-state index in [1.807, 2.05) is 0 Å². The number of carbonyl (C=O) groups is 3. The number of carboxylic acids is 1. The number of nitrogens with zero attached hydrogens (tertiary/aromatic N) is 1. The highest BCUT2D eigenvalue weighted by atomic mass is 16.4. The zero-order chi connectivity index (χ0) is 16.0. The molecule has 2 amide bonds. The Kier molecular flexibility index (Phi) is 5.46. The third-order valence-electron chi connectivity index (χ3n) is 3.43. The lowest BCUT2D eigenvalue weighted by Gasteiger charge is -2.30. The van der Waals surface area contributed by atoms with Crippen LogP contribution < -0.4 is 5.32 Å². The molecule has 0 heterocycles. The third-order valence-corrected chi connectivity index (χ3v) is 3.43. The second-order valence-electron chi connectivity index (χ2n) is 4.85. The number of hydrogen-bond donors (Lipinski definition) is 2. The minimum atomic E-state index is -1.49. The number of carboxylic acid groups (broad SMARTS) is 1. The van der Waals surface area contributed by atoms with Crippen LogP contribution in [0.4, 0.5) is 0 Å². The fourth-order valence-electron chi connectivity index (χ4n) is 2.02. The fraction of sp³-hybridized carbons (Fsp3) is 0.400. The zero-order valence-electron chi connectivity index (χ0n) is 12.4. The van der Waals surface area contributed by atoms with E-state index in [1.165, 1.54) is 18.9 Å². The van der Waals surface area contributed by atoms with Gasteiger partial charge in [-0.3, -0.25) is 9.59 Å². The van der Waals surface area contributed by atoms with Crippen molar-refractivity contribution < 1.29 is 19.5 Å². The maximum atomic E-state index is 12.0. The summed E-state index contributed by atoms with van der Waals surface area (Å²) in [4.78, 5) is 36.1. The molecule has 1 atom stereocenters. The van der Waals surface area contributed by atoms with Crippen LogP contribution in [0.25, 0.3) is 0 Å². The molecule has 0 spiro atoms. The highest BCUT2D eigenvalue weighted by Crippen LogP contribution is 2.25. The van der Waals surface area contributed by atoms with Crippen LogP contribution in [-0.4, -0.2) is 41.4 Å². The molecule has 0 saturated carbocycles. The maximum Gasteiger partial charge on any atom is 0.334 e. The standard InChI is InChI=1S/C15H20N2O4/c1-4-15(14(20)21,12-8-6-5-7-9-12)16-13(19)10-17(3)11(2)18/h5-9H,4,10H2,1-3H3,(H,16,19)(H,20,21). The predicted molar refractivity (Wildman–Crippen MR) is 77.5 cm³/mol. The summed E-state index contributed by atoms with van der Waals surface area (Å²) >= 11 is 0. The van der Waals surface area contributed by atoms with Crippen molar-refractivity contribution in [3.05, 3.63) is 35.9 Å². The van der Waals surface area contributed by atoms with E-state index in [0.29, 0.717) is 5.56 Å². The number of likely N-dealkylation sites (N-methyl/N-ethyl adjacent to an activating group) is 1. The van der Waals surface area contributed by atoms with Crippen LogP contribution in [-0.2, 0) is 19.9 Å². The summed E-state index contributed by atoms with van der Waals surface area (Å²) in [5, 5.41) is 12.1. The van der Waals surface area contributed by atoms with Crippen LogP contribution in [0.3, 0.4) is 0 Å². The van der Waals surface area contributed by atoms with Crippen molar-refractivity contribution in [1.82, 2.24) is 10.2 Å². The second-order valence-corrected chi connectivity index (χ2v) is 4.85. The zero-order valence-corrected chi connectivity index (χ0v) is 12.4. The quantitative estimate of drug-likeness (QED) is 0.818. The molecule has 6 nitrogen and oxygen atoms in total. The molecule has 1 unspecified atom stereocenters. The van der Waals surface area contributed by atoms with E-state index >= 15 is 0 Å². The number of hydrogen-bond acceptors (Lipinski definition) is 3. The normalized spacial score (nSPS) is 13.1. The SMILES string of the molecule is CCC(NC(=O)CN(C)C(C)=O)(C(=O)O)c1ccccc1. The van der Waals surface area contributed by atoms with E-state index < -0.39 is 17.4 Å². The molecule has 0 fully saturated rings. The van der Waals surface area contributed by atoms with E-state index in [1.54, 1.807) is 37.3 Å². The van der Waals surface area contributed by atoms with E-state index in [2.05, 4.69) is 5.32 Å². The van der Waals surface area contributed by atoms with Gasteiger partial charge in [0.1, 0.15) is 0 Å². The molecule has 2 N–H and O–H groups in total. The van der Waals surface area contributed by atoms with Crippen LogP contribution in [0.5, 0.6) is 0 Å². The second kappa shape index (κ2) is 6.88. The van der Waals surface area contributed by atoms with Crippen molar-refractivity contribution >= 4 is 17.8 Å². The largest absolute Gasteiger partial charge is 0.479 e. The Balaban J connectivity index is 3.03. The molecule has 0 bridgehead atoms. The van der Waals surface area contributed by atoms with Gasteiger partial charge in [0.25, 0.3) is 0 Å². The molecule has 0 saturated heterocycles. The van der Waals surface area contributed by atoms with Crippen molar-refractivity contribution in [2.24, 2.45) is 0 Å². The number of aliphatic carboxylic acids is 1. The first kappa shape index (κ1) is 16.7. The summed E-state index contributed by atoms with van der Waals surface area (Å²) in [5.41, 5.74) is -0.991. The number of nitrogens with one attached hydrogen (secondary N) is 1. The van der Waals surface area contributed by atoms with Crippen molar-refractivity contribution in [2.75, 3.05) is 13.6 Å². The molecule has 21 heavy (non-hydrogen) atoms. The number of carbonyl (C=O) groups excluding carboxylic acids is 2. The maximum absolute atomic E-state index is 12.0. The van der Waals surface area contributed by atoms with Gasteiger partial charge in [-0.1, -0.05) is 37.3 Å². The first-order chi connectivity index (χ1) is 9.83. The van der Waals surface area contributed by atoms with Gasteiger partial charge in [-0.25, -0.2) is 4.79 Å². The predicted octanol–water partition coefficient (Wildman–Crippen LogP) is 0.971. The van der Waals surface area contributed by atoms with Crippen molar-refractivity contribution in [2.45, 2.75) is 25.8 Å². The van der Waals surface area contributed by atoms with Gasteiger partial charge in [0.15, 0.2) is 5.54 Å². The van der Waals surface area contributed by atoms with Crippen LogP contribution in [0.1, 0.15) is 25.8 Å². The molecule has 0 radical (unpaired) electrons. The molecule has 1 aromatic carbocycles. The lowest BCUT2D eigenvalue weighted by Crippen LogP contribution is -2.53. The topological polar surface area (TPSA) is 86.7 Å². The van der Waals surface area contributed by atoms with E-state index in [4.69, 9.17) is 0 Å². The first-order valence-electron chi connectivity index (χ1n) is 6.65. The van der Waals surface area contributed by atoms with Crippen molar-refractivity contribution in [3.8, 4) is 0 Å². The van der Waals surface area contributed by atoms with Gasteiger partial charge in [-0.15, -0.1) is 0 Å².